The van der Waals surface area contributed by atoms with Crippen molar-refractivity contribution in [3.05, 3.63) is 95.2 Å². The first-order chi connectivity index (χ1) is 15.0. The fourth-order valence-electron chi connectivity index (χ4n) is 2.84. The zero-order valence-electron chi connectivity index (χ0n) is 15.9. The van der Waals surface area contributed by atoms with Crippen LogP contribution in [0.2, 0.25) is 0 Å². The molecule has 0 fully saturated rings. The number of nitrogens with one attached hydrogen (secondary N) is 1. The van der Waals surface area contributed by atoms with E-state index in [0.717, 1.165) is 30.3 Å². The average molecular weight is 701 g/mol. The van der Waals surface area contributed by atoms with Gasteiger partial charge in [0, 0.05) is 8.96 Å². The molecule has 0 bridgehead atoms. The maximum Gasteiger partial charge on any atom is 0.307 e. The highest BCUT2D eigenvalue weighted by Crippen LogP contribution is 2.32. The summed E-state index contributed by atoms with van der Waals surface area (Å²) in [7, 11) is 0. The van der Waals surface area contributed by atoms with Crippen molar-refractivity contribution >= 4 is 84.2 Å². The summed E-state index contributed by atoms with van der Waals surface area (Å²) in [6.45, 7) is 0.479. The van der Waals surface area contributed by atoms with Crippen LogP contribution < -0.4 is 10.2 Å². The first-order valence-corrected chi connectivity index (χ1v) is 12.1. The van der Waals surface area contributed by atoms with E-state index in [2.05, 4.69) is 83.8 Å². The van der Waals surface area contributed by atoms with Gasteiger partial charge in [0.25, 0.3) is 0 Å². The van der Waals surface area contributed by atoms with Crippen molar-refractivity contribution in [2.24, 2.45) is 5.10 Å². The van der Waals surface area contributed by atoms with Crippen LogP contribution in [0.3, 0.4) is 0 Å². The Morgan fingerprint density at radius 1 is 1.10 bits per heavy atom. The molecule has 0 aliphatic rings. The number of furan rings is 1. The van der Waals surface area contributed by atoms with Gasteiger partial charge in [0.05, 0.1) is 14.3 Å². The van der Waals surface area contributed by atoms with E-state index in [1.165, 1.54) is 3.57 Å². The van der Waals surface area contributed by atoms with E-state index in [-0.39, 0.29) is 5.76 Å². The molecule has 1 heterocycles. The van der Waals surface area contributed by atoms with Gasteiger partial charge in [0.1, 0.15) is 17.9 Å². The molecular formula is C23H15BrI2N2O3. The Bertz CT molecular complexity index is 1210. The minimum atomic E-state index is -0.404. The van der Waals surface area contributed by atoms with Crippen LogP contribution in [-0.2, 0) is 6.61 Å². The number of carbonyl (C=O) groups is 1. The molecule has 1 amide bonds. The molecule has 156 valence electrons. The number of para-hydroxylation sites is 1. The summed E-state index contributed by atoms with van der Waals surface area (Å²) < 4.78 is 14.5. The molecule has 4 rings (SSSR count). The molecule has 5 nitrogen and oxygen atoms in total. The standard InChI is InChI=1S/C23H15BrI2N2O3/c24-18-9-15(10-19(26)22(18)30-13-14-5-7-17(25)8-6-14)12-27-28-23(29)21-11-16-3-1-2-4-20(16)31-21/h1-12H,13H2,(H,28,29)/b27-12+. The van der Waals surface area contributed by atoms with Crippen molar-refractivity contribution in [2.75, 3.05) is 0 Å². The molecule has 31 heavy (non-hydrogen) atoms. The molecule has 0 aliphatic carbocycles. The number of benzene rings is 3. The Balaban J connectivity index is 1.40. The number of hydrazone groups is 1. The van der Waals surface area contributed by atoms with Gasteiger partial charge < -0.3 is 9.15 Å². The van der Waals surface area contributed by atoms with Gasteiger partial charge in [0.2, 0.25) is 0 Å². The molecule has 0 saturated carbocycles. The maximum atomic E-state index is 12.3. The van der Waals surface area contributed by atoms with Crippen LogP contribution in [0.25, 0.3) is 11.0 Å². The average Bonchev–Trinajstić information content (AvgIpc) is 3.19. The van der Waals surface area contributed by atoms with Gasteiger partial charge in [-0.3, -0.25) is 4.79 Å². The molecule has 4 aromatic rings. The van der Waals surface area contributed by atoms with Crippen LogP contribution >= 0.6 is 61.1 Å². The SMILES string of the molecule is O=C(N/N=C/c1cc(Br)c(OCc2ccc(I)cc2)c(I)c1)c1cc2ccccc2o1. The van der Waals surface area contributed by atoms with Gasteiger partial charge in [0.15, 0.2) is 5.76 Å². The van der Waals surface area contributed by atoms with Gasteiger partial charge in [-0.15, -0.1) is 0 Å². The van der Waals surface area contributed by atoms with Crippen LogP contribution in [0.15, 0.2) is 80.7 Å². The van der Waals surface area contributed by atoms with E-state index in [1.807, 2.05) is 48.5 Å². The Kier molecular flexibility index (Phi) is 7.28. The van der Waals surface area contributed by atoms with Gasteiger partial charge >= 0.3 is 5.91 Å². The Labute approximate surface area is 214 Å². The van der Waals surface area contributed by atoms with E-state index in [1.54, 1.807) is 12.3 Å². The number of hydrogen-bond donors (Lipinski definition) is 1. The fraction of sp³-hybridized carbons (Fsp3) is 0.0435. The van der Waals surface area contributed by atoms with Gasteiger partial charge in [-0.05, 0) is 109 Å². The second-order valence-electron chi connectivity index (χ2n) is 6.58. The number of rotatable bonds is 6. The quantitative estimate of drug-likeness (QED) is 0.138. The van der Waals surface area contributed by atoms with Crippen molar-refractivity contribution in [2.45, 2.75) is 6.61 Å². The molecule has 0 radical (unpaired) electrons. The normalized spacial score (nSPS) is 11.2. The third-order valence-electron chi connectivity index (χ3n) is 4.35. The number of hydrogen-bond acceptors (Lipinski definition) is 4. The monoisotopic (exact) mass is 700 g/mol. The molecule has 3 aromatic carbocycles. The van der Waals surface area contributed by atoms with Crippen molar-refractivity contribution in [3.63, 3.8) is 0 Å². The summed E-state index contributed by atoms with van der Waals surface area (Å²) >= 11 is 8.07. The number of halogens is 3. The van der Waals surface area contributed by atoms with E-state index >= 15 is 0 Å². The van der Waals surface area contributed by atoms with Crippen LogP contribution in [-0.4, -0.2) is 12.1 Å². The highest BCUT2D eigenvalue weighted by Gasteiger charge is 2.12. The largest absolute Gasteiger partial charge is 0.487 e. The molecular weight excluding hydrogens is 686 g/mol. The number of carbonyl (C=O) groups excluding carboxylic acids is 1. The predicted octanol–water partition coefficient (Wildman–Crippen LogP) is 6.75. The van der Waals surface area contributed by atoms with E-state index in [4.69, 9.17) is 9.15 Å². The Morgan fingerprint density at radius 2 is 1.87 bits per heavy atom. The second kappa shape index (κ2) is 10.1. The van der Waals surface area contributed by atoms with E-state index in [9.17, 15) is 4.79 Å². The van der Waals surface area contributed by atoms with Crippen molar-refractivity contribution in [1.29, 1.82) is 0 Å². The van der Waals surface area contributed by atoms with E-state index in [0.29, 0.717) is 12.2 Å². The minimum Gasteiger partial charge on any atom is -0.487 e. The summed E-state index contributed by atoms with van der Waals surface area (Å²) in [6.07, 6.45) is 1.58. The van der Waals surface area contributed by atoms with Crippen LogP contribution in [0, 0.1) is 7.14 Å². The number of ether oxygens (including phenoxy) is 1. The lowest BCUT2D eigenvalue weighted by Crippen LogP contribution is -2.16. The van der Waals surface area contributed by atoms with Crippen molar-refractivity contribution in [3.8, 4) is 5.75 Å². The zero-order valence-corrected chi connectivity index (χ0v) is 21.8. The Hall–Kier alpha value is -1.92. The third-order valence-corrected chi connectivity index (χ3v) is 6.46. The lowest BCUT2D eigenvalue weighted by atomic mass is 10.2. The second-order valence-corrected chi connectivity index (χ2v) is 9.84. The summed E-state index contributed by atoms with van der Waals surface area (Å²) in [5, 5.41) is 4.92. The molecule has 0 aliphatic heterocycles. The van der Waals surface area contributed by atoms with E-state index < -0.39 is 5.91 Å². The molecule has 0 unspecified atom stereocenters. The molecule has 0 atom stereocenters. The smallest absolute Gasteiger partial charge is 0.307 e. The van der Waals surface area contributed by atoms with Crippen molar-refractivity contribution in [1.82, 2.24) is 5.43 Å². The molecule has 0 spiro atoms. The van der Waals surface area contributed by atoms with Gasteiger partial charge in [-0.1, -0.05) is 30.3 Å². The molecule has 1 N–H and O–H groups in total. The lowest BCUT2D eigenvalue weighted by Gasteiger charge is -2.11. The summed E-state index contributed by atoms with van der Waals surface area (Å²) in [5.41, 5.74) is 5.08. The first-order valence-electron chi connectivity index (χ1n) is 9.18. The molecule has 8 heteroatoms. The predicted molar refractivity (Wildman–Crippen MR) is 142 cm³/mol. The van der Waals surface area contributed by atoms with Crippen LogP contribution in [0.4, 0.5) is 0 Å². The van der Waals surface area contributed by atoms with Gasteiger partial charge in [-0.2, -0.15) is 5.10 Å². The summed E-state index contributed by atoms with van der Waals surface area (Å²) in [4.78, 5) is 12.3. The van der Waals surface area contributed by atoms with Gasteiger partial charge in [-0.25, -0.2) is 5.43 Å². The third kappa shape index (κ3) is 5.66. The highest BCUT2D eigenvalue weighted by molar-refractivity contribution is 14.1. The summed E-state index contributed by atoms with van der Waals surface area (Å²) in [5.74, 6) is 0.578. The first kappa shape index (κ1) is 22.3. The lowest BCUT2D eigenvalue weighted by molar-refractivity contribution is 0.0929. The number of amides is 1. The maximum absolute atomic E-state index is 12.3. The summed E-state index contributed by atoms with van der Waals surface area (Å²) in [6, 6.07) is 21.2. The van der Waals surface area contributed by atoms with Crippen LogP contribution in [0.5, 0.6) is 5.75 Å². The van der Waals surface area contributed by atoms with Crippen LogP contribution in [0.1, 0.15) is 21.7 Å². The van der Waals surface area contributed by atoms with Crippen molar-refractivity contribution < 1.29 is 13.9 Å². The minimum absolute atomic E-state index is 0.216. The number of nitrogens with zero attached hydrogens (tertiary/aromatic N) is 1. The Morgan fingerprint density at radius 3 is 2.61 bits per heavy atom. The molecule has 1 aromatic heterocycles. The number of fused-ring (bicyclic) bond motifs is 1. The molecule has 0 saturated heterocycles. The highest BCUT2D eigenvalue weighted by atomic mass is 127. The zero-order chi connectivity index (χ0) is 21.8. The topological polar surface area (TPSA) is 63.8 Å². The fourth-order valence-corrected chi connectivity index (χ4v) is 4.97.